The molecule has 3 N–H and O–H groups in total. The van der Waals surface area contributed by atoms with E-state index in [1.807, 2.05) is 20.8 Å². The lowest BCUT2D eigenvalue weighted by molar-refractivity contribution is -0.151. The van der Waals surface area contributed by atoms with Gasteiger partial charge in [0.1, 0.15) is 0 Å². The molecule has 5 nitrogen and oxygen atoms in total. The van der Waals surface area contributed by atoms with E-state index in [0.717, 1.165) is 6.42 Å². The van der Waals surface area contributed by atoms with E-state index in [1.165, 1.54) is 0 Å². The minimum absolute atomic E-state index is 0.0628. The molecule has 0 heterocycles. The molecule has 2 atom stereocenters. The standard InChI is InChI=1S/C16H29NO4/c1-4-21-14(19)11-5-7-16(20,8-6-11)10-17-12-9-13(18)15(12,2)3/h11-13,17-18,20H,4-10H2,1-3H3. The Balaban J connectivity index is 1.76. The molecule has 0 aromatic carbocycles. The normalized spacial score (nSPS) is 38.6. The summed E-state index contributed by atoms with van der Waals surface area (Å²) >= 11 is 0. The molecule has 2 unspecified atom stereocenters. The number of esters is 1. The number of aliphatic hydroxyl groups is 2. The van der Waals surface area contributed by atoms with Crippen LogP contribution in [0, 0.1) is 11.3 Å². The van der Waals surface area contributed by atoms with Crippen LogP contribution in [0.1, 0.15) is 52.9 Å². The van der Waals surface area contributed by atoms with Crippen LogP contribution in [0.4, 0.5) is 0 Å². The monoisotopic (exact) mass is 299 g/mol. The van der Waals surface area contributed by atoms with Gasteiger partial charge in [-0.05, 0) is 39.0 Å². The molecule has 2 aliphatic rings. The molecule has 0 aromatic rings. The summed E-state index contributed by atoms with van der Waals surface area (Å²) in [5.74, 6) is -0.192. The van der Waals surface area contributed by atoms with Crippen molar-refractivity contribution in [2.24, 2.45) is 11.3 Å². The molecule has 122 valence electrons. The predicted molar refractivity (Wildman–Crippen MR) is 79.7 cm³/mol. The highest BCUT2D eigenvalue weighted by molar-refractivity contribution is 5.72. The van der Waals surface area contributed by atoms with Crippen molar-refractivity contribution < 1.29 is 19.7 Å². The first-order valence-electron chi connectivity index (χ1n) is 8.09. The van der Waals surface area contributed by atoms with Crippen molar-refractivity contribution in [1.29, 1.82) is 0 Å². The van der Waals surface area contributed by atoms with Gasteiger partial charge >= 0.3 is 5.97 Å². The number of hydrogen-bond acceptors (Lipinski definition) is 5. The van der Waals surface area contributed by atoms with Gasteiger partial charge in [-0.15, -0.1) is 0 Å². The Kier molecular flexibility index (Phi) is 4.96. The zero-order valence-corrected chi connectivity index (χ0v) is 13.4. The van der Waals surface area contributed by atoms with Crippen LogP contribution < -0.4 is 5.32 Å². The first kappa shape index (κ1) is 16.7. The minimum Gasteiger partial charge on any atom is -0.466 e. The molecule has 21 heavy (non-hydrogen) atoms. The van der Waals surface area contributed by atoms with Crippen LogP contribution in [0.5, 0.6) is 0 Å². The maximum Gasteiger partial charge on any atom is 0.308 e. The van der Waals surface area contributed by atoms with Gasteiger partial charge in [-0.2, -0.15) is 0 Å². The van der Waals surface area contributed by atoms with Crippen LogP contribution in [-0.2, 0) is 9.53 Å². The smallest absolute Gasteiger partial charge is 0.308 e. The maximum absolute atomic E-state index is 11.7. The summed E-state index contributed by atoms with van der Waals surface area (Å²) in [6, 6.07) is 0.249. The van der Waals surface area contributed by atoms with Gasteiger partial charge in [0.05, 0.1) is 24.2 Å². The summed E-state index contributed by atoms with van der Waals surface area (Å²) in [5.41, 5.74) is -0.863. The molecule has 2 fully saturated rings. The van der Waals surface area contributed by atoms with Crippen molar-refractivity contribution in [1.82, 2.24) is 5.32 Å². The Labute approximate surface area is 127 Å². The van der Waals surface area contributed by atoms with Crippen LogP contribution in [0.25, 0.3) is 0 Å². The van der Waals surface area contributed by atoms with Crippen molar-refractivity contribution in [2.45, 2.75) is 70.6 Å². The summed E-state index contributed by atoms with van der Waals surface area (Å²) in [4.78, 5) is 11.7. The Morgan fingerprint density at radius 1 is 1.33 bits per heavy atom. The van der Waals surface area contributed by atoms with Crippen molar-refractivity contribution in [3.05, 3.63) is 0 Å². The van der Waals surface area contributed by atoms with Gasteiger partial charge in [0, 0.05) is 18.0 Å². The van der Waals surface area contributed by atoms with E-state index in [2.05, 4.69) is 5.32 Å². The molecule has 0 spiro atoms. The van der Waals surface area contributed by atoms with Crippen LogP contribution in [0.2, 0.25) is 0 Å². The minimum atomic E-state index is -0.736. The lowest BCUT2D eigenvalue weighted by Gasteiger charge is -2.50. The molecule has 2 saturated carbocycles. The lowest BCUT2D eigenvalue weighted by Crippen LogP contribution is -2.62. The molecular formula is C16H29NO4. The van der Waals surface area contributed by atoms with Crippen molar-refractivity contribution >= 4 is 5.97 Å². The average molecular weight is 299 g/mol. The van der Waals surface area contributed by atoms with E-state index in [0.29, 0.717) is 38.8 Å². The van der Waals surface area contributed by atoms with Crippen LogP contribution >= 0.6 is 0 Å². The number of nitrogens with one attached hydrogen (secondary N) is 1. The molecule has 5 heteroatoms. The number of carbonyl (C=O) groups is 1. The second-order valence-electron chi connectivity index (χ2n) is 7.26. The van der Waals surface area contributed by atoms with E-state index >= 15 is 0 Å². The van der Waals surface area contributed by atoms with Gasteiger partial charge in [-0.25, -0.2) is 0 Å². The number of aliphatic hydroxyl groups excluding tert-OH is 1. The quantitative estimate of drug-likeness (QED) is 0.665. The van der Waals surface area contributed by atoms with Crippen molar-refractivity contribution in [3.8, 4) is 0 Å². The second-order valence-corrected chi connectivity index (χ2v) is 7.26. The third kappa shape index (κ3) is 3.58. The topological polar surface area (TPSA) is 78.8 Å². The number of ether oxygens (including phenoxy) is 1. The van der Waals surface area contributed by atoms with Crippen LogP contribution in [0.3, 0.4) is 0 Å². The molecule has 0 amide bonds. The molecule has 0 bridgehead atoms. The average Bonchev–Trinajstić information content (AvgIpc) is 2.44. The van der Waals surface area contributed by atoms with Gasteiger partial charge in [-0.3, -0.25) is 4.79 Å². The van der Waals surface area contributed by atoms with E-state index in [4.69, 9.17) is 4.74 Å². The third-order valence-electron chi connectivity index (χ3n) is 5.43. The molecule has 0 saturated heterocycles. The molecule has 0 aliphatic heterocycles. The zero-order valence-electron chi connectivity index (χ0n) is 13.4. The second kappa shape index (κ2) is 6.23. The molecular weight excluding hydrogens is 270 g/mol. The zero-order chi connectivity index (χ0) is 15.7. The van der Waals surface area contributed by atoms with Gasteiger partial charge in [0.15, 0.2) is 0 Å². The first-order chi connectivity index (χ1) is 9.78. The van der Waals surface area contributed by atoms with Crippen molar-refractivity contribution in [2.75, 3.05) is 13.2 Å². The Bertz CT molecular complexity index is 374. The molecule has 0 aromatic heterocycles. The van der Waals surface area contributed by atoms with E-state index in [9.17, 15) is 15.0 Å². The van der Waals surface area contributed by atoms with E-state index < -0.39 is 5.60 Å². The fourth-order valence-electron chi connectivity index (χ4n) is 3.39. The van der Waals surface area contributed by atoms with Crippen LogP contribution in [0.15, 0.2) is 0 Å². The van der Waals surface area contributed by atoms with Crippen LogP contribution in [-0.4, -0.2) is 47.1 Å². The summed E-state index contributed by atoms with van der Waals surface area (Å²) in [6.07, 6.45) is 3.11. The Morgan fingerprint density at radius 3 is 2.43 bits per heavy atom. The first-order valence-corrected chi connectivity index (χ1v) is 8.09. The predicted octanol–water partition coefficient (Wildman–Crippen LogP) is 1.22. The molecule has 2 aliphatic carbocycles. The van der Waals surface area contributed by atoms with Crippen molar-refractivity contribution in [3.63, 3.8) is 0 Å². The number of rotatable bonds is 5. The molecule has 2 rings (SSSR count). The van der Waals surface area contributed by atoms with E-state index in [-0.39, 0.29) is 29.4 Å². The van der Waals surface area contributed by atoms with E-state index in [1.54, 1.807) is 0 Å². The highest BCUT2D eigenvalue weighted by atomic mass is 16.5. The summed E-state index contributed by atoms with van der Waals surface area (Å²) in [6.45, 7) is 6.85. The van der Waals surface area contributed by atoms with Gasteiger partial charge in [0.2, 0.25) is 0 Å². The van der Waals surface area contributed by atoms with Gasteiger partial charge in [-0.1, -0.05) is 13.8 Å². The van der Waals surface area contributed by atoms with Gasteiger partial charge in [0.25, 0.3) is 0 Å². The fraction of sp³-hybridized carbons (Fsp3) is 0.938. The summed E-state index contributed by atoms with van der Waals surface area (Å²) < 4.78 is 5.05. The lowest BCUT2D eigenvalue weighted by atomic mass is 9.64. The fourth-order valence-corrected chi connectivity index (χ4v) is 3.39. The largest absolute Gasteiger partial charge is 0.466 e. The Hall–Kier alpha value is -0.650. The SMILES string of the molecule is CCOC(=O)C1CCC(O)(CNC2CC(O)C2(C)C)CC1. The summed E-state index contributed by atoms with van der Waals surface area (Å²) in [7, 11) is 0. The molecule has 0 radical (unpaired) electrons. The highest BCUT2D eigenvalue weighted by Gasteiger charge is 2.48. The number of hydrogen-bond donors (Lipinski definition) is 3. The number of carbonyl (C=O) groups excluding carboxylic acids is 1. The van der Waals surface area contributed by atoms with Gasteiger partial charge < -0.3 is 20.3 Å². The Morgan fingerprint density at radius 2 is 1.95 bits per heavy atom. The summed E-state index contributed by atoms with van der Waals surface area (Å²) in [5, 5.41) is 23.8. The highest BCUT2D eigenvalue weighted by Crippen LogP contribution is 2.41. The third-order valence-corrected chi connectivity index (χ3v) is 5.43. The maximum atomic E-state index is 11.7.